The molecule has 0 atom stereocenters. The fourth-order valence-electron chi connectivity index (χ4n) is 5.46. The number of benzene rings is 4. The fourth-order valence-corrected chi connectivity index (χ4v) is 5.46. The van der Waals surface area contributed by atoms with Gasteiger partial charge in [-0.25, -0.2) is 9.78 Å². The second-order valence-corrected chi connectivity index (χ2v) is 11.1. The molecule has 1 saturated heterocycles. The van der Waals surface area contributed by atoms with Crippen molar-refractivity contribution in [3.8, 4) is 22.8 Å². The van der Waals surface area contributed by atoms with E-state index < -0.39 is 0 Å². The zero-order valence-corrected chi connectivity index (χ0v) is 24.9. The van der Waals surface area contributed by atoms with Crippen LogP contribution in [0.15, 0.2) is 114 Å². The minimum Gasteiger partial charge on any atom is -0.457 e. The lowest BCUT2D eigenvalue weighted by atomic mass is 10.1. The van der Waals surface area contributed by atoms with Crippen LogP contribution in [0, 0.1) is 6.92 Å². The molecule has 4 aromatic carbocycles. The summed E-state index contributed by atoms with van der Waals surface area (Å²) in [5, 5.41) is 8.23. The van der Waals surface area contributed by atoms with Crippen LogP contribution < -0.4 is 15.0 Å². The number of aromatic nitrogens is 3. The van der Waals surface area contributed by atoms with E-state index >= 15 is 0 Å². The van der Waals surface area contributed by atoms with Gasteiger partial charge in [0.2, 0.25) is 0 Å². The molecule has 0 unspecified atom stereocenters. The van der Waals surface area contributed by atoms with E-state index in [2.05, 4.69) is 27.5 Å². The highest BCUT2D eigenvalue weighted by Crippen LogP contribution is 2.36. The number of carbonyl (C=O) groups excluding carboxylic acids is 1. The Labute approximate surface area is 261 Å². The standard InChI is InChI=1S/C36H32N6O3/c1-25-15-17-28(18-16-25)37-36(43)42-21-19-41(20-22-42)34-32-33(27-11-8-14-30(24-27)44-29-12-6-3-7-13-29)40-45-35(32)39-31(38-34)23-26-9-4-2-5-10-26/h2-18,24H,19-23H2,1H3,(H,37,43). The SMILES string of the molecule is Cc1ccc(NC(=O)N2CCN(c3nc(Cc4ccccc4)nc4onc(-c5cccc(Oc6ccccc6)c5)c34)CC2)cc1. The summed E-state index contributed by atoms with van der Waals surface area (Å²) in [5.41, 5.74) is 4.93. The molecule has 0 aliphatic carbocycles. The third-order valence-electron chi connectivity index (χ3n) is 7.82. The lowest BCUT2D eigenvalue weighted by molar-refractivity contribution is 0.208. The maximum Gasteiger partial charge on any atom is 0.321 e. The predicted molar refractivity (Wildman–Crippen MR) is 175 cm³/mol. The van der Waals surface area contributed by atoms with Crippen molar-refractivity contribution in [3.05, 3.63) is 126 Å². The van der Waals surface area contributed by atoms with E-state index in [4.69, 9.17) is 19.2 Å². The zero-order valence-electron chi connectivity index (χ0n) is 24.9. The number of aryl methyl sites for hydroxylation is 1. The molecule has 9 nitrogen and oxygen atoms in total. The summed E-state index contributed by atoms with van der Waals surface area (Å²) in [5.74, 6) is 2.83. The maximum atomic E-state index is 13.1. The number of rotatable bonds is 7. The molecule has 45 heavy (non-hydrogen) atoms. The van der Waals surface area contributed by atoms with E-state index in [1.807, 2.05) is 109 Å². The van der Waals surface area contributed by atoms with Crippen LogP contribution in [0.1, 0.15) is 17.0 Å². The van der Waals surface area contributed by atoms with E-state index in [0.717, 1.165) is 39.3 Å². The van der Waals surface area contributed by atoms with Gasteiger partial charge in [0, 0.05) is 43.9 Å². The highest BCUT2D eigenvalue weighted by molar-refractivity contribution is 5.98. The van der Waals surface area contributed by atoms with E-state index in [1.54, 1.807) is 0 Å². The molecular weight excluding hydrogens is 564 g/mol. The van der Waals surface area contributed by atoms with Gasteiger partial charge in [0.1, 0.15) is 34.2 Å². The molecule has 1 fully saturated rings. The highest BCUT2D eigenvalue weighted by atomic mass is 16.5. The van der Waals surface area contributed by atoms with Crippen molar-refractivity contribution >= 4 is 28.6 Å². The first-order chi connectivity index (χ1) is 22.1. The minimum absolute atomic E-state index is 0.114. The number of piperazine rings is 1. The molecule has 7 rings (SSSR count). The molecular formula is C36H32N6O3. The molecule has 1 aliphatic rings. The molecule has 9 heteroatoms. The number of fused-ring (bicyclic) bond motifs is 1. The summed E-state index contributed by atoms with van der Waals surface area (Å²) < 4.78 is 12.0. The van der Waals surface area contributed by atoms with Crippen LogP contribution >= 0.6 is 0 Å². The summed E-state index contributed by atoms with van der Waals surface area (Å²) in [7, 11) is 0. The van der Waals surface area contributed by atoms with E-state index in [-0.39, 0.29) is 6.03 Å². The van der Waals surface area contributed by atoms with Crippen LogP contribution in [0.3, 0.4) is 0 Å². The number of nitrogens with zero attached hydrogens (tertiary/aromatic N) is 5. The van der Waals surface area contributed by atoms with Gasteiger partial charge in [-0.3, -0.25) is 0 Å². The first-order valence-corrected chi connectivity index (χ1v) is 15.0. The summed E-state index contributed by atoms with van der Waals surface area (Å²) in [6.07, 6.45) is 0.555. The Hall–Kier alpha value is -5.70. The van der Waals surface area contributed by atoms with Gasteiger partial charge in [0.25, 0.3) is 5.71 Å². The molecule has 2 aromatic heterocycles. The number of ether oxygens (including phenoxy) is 1. The number of amides is 2. The smallest absolute Gasteiger partial charge is 0.321 e. The Morgan fingerprint density at radius 3 is 2.29 bits per heavy atom. The van der Waals surface area contributed by atoms with Crippen molar-refractivity contribution in [3.63, 3.8) is 0 Å². The number of hydrogen-bond acceptors (Lipinski definition) is 7. The molecule has 0 saturated carbocycles. The lowest BCUT2D eigenvalue weighted by Crippen LogP contribution is -2.50. The molecule has 2 amide bonds. The minimum atomic E-state index is -0.114. The third-order valence-corrected chi connectivity index (χ3v) is 7.82. The second kappa shape index (κ2) is 12.5. The number of urea groups is 1. The number of anilines is 2. The topological polar surface area (TPSA) is 96.6 Å². The van der Waals surface area contributed by atoms with Gasteiger partial charge in [-0.2, -0.15) is 4.98 Å². The van der Waals surface area contributed by atoms with Crippen LogP contribution in [0.5, 0.6) is 11.5 Å². The van der Waals surface area contributed by atoms with Crippen molar-refractivity contribution in [1.29, 1.82) is 0 Å². The van der Waals surface area contributed by atoms with Gasteiger partial charge in [0.05, 0.1) is 0 Å². The third kappa shape index (κ3) is 6.33. The van der Waals surface area contributed by atoms with Crippen LogP contribution in [-0.4, -0.2) is 52.2 Å². The van der Waals surface area contributed by atoms with E-state index in [9.17, 15) is 4.79 Å². The highest BCUT2D eigenvalue weighted by Gasteiger charge is 2.27. The molecule has 224 valence electrons. The number of para-hydroxylation sites is 1. The number of nitrogens with one attached hydrogen (secondary N) is 1. The van der Waals surface area contributed by atoms with Gasteiger partial charge < -0.3 is 24.4 Å². The average molecular weight is 597 g/mol. The molecule has 3 heterocycles. The molecule has 0 spiro atoms. The van der Waals surface area contributed by atoms with Crippen LogP contribution in [0.25, 0.3) is 22.4 Å². The first kappa shape index (κ1) is 28.1. The normalized spacial score (nSPS) is 13.2. The molecule has 6 aromatic rings. The van der Waals surface area contributed by atoms with Crippen molar-refractivity contribution in [2.45, 2.75) is 13.3 Å². The fraction of sp³-hybridized carbons (Fsp3) is 0.167. The van der Waals surface area contributed by atoms with Crippen LogP contribution in [0.4, 0.5) is 16.3 Å². The Morgan fingerprint density at radius 1 is 0.822 bits per heavy atom. The Bertz CT molecular complexity index is 1920. The monoisotopic (exact) mass is 596 g/mol. The predicted octanol–water partition coefficient (Wildman–Crippen LogP) is 7.33. The molecule has 1 N–H and O–H groups in total. The van der Waals surface area contributed by atoms with Gasteiger partial charge >= 0.3 is 6.03 Å². The molecule has 0 radical (unpaired) electrons. The van der Waals surface area contributed by atoms with Crippen molar-refractivity contribution in [2.75, 3.05) is 36.4 Å². The number of hydrogen-bond donors (Lipinski definition) is 1. The zero-order chi connectivity index (χ0) is 30.6. The van der Waals surface area contributed by atoms with Crippen molar-refractivity contribution in [1.82, 2.24) is 20.0 Å². The van der Waals surface area contributed by atoms with E-state index in [0.29, 0.717) is 55.6 Å². The quantitative estimate of drug-likeness (QED) is 0.206. The average Bonchev–Trinajstić information content (AvgIpc) is 3.51. The van der Waals surface area contributed by atoms with Crippen LogP contribution in [0.2, 0.25) is 0 Å². The summed E-state index contributed by atoms with van der Waals surface area (Å²) >= 11 is 0. The first-order valence-electron chi connectivity index (χ1n) is 15.0. The summed E-state index contributed by atoms with van der Waals surface area (Å²) in [6, 6.07) is 35.2. The van der Waals surface area contributed by atoms with Crippen molar-refractivity contribution in [2.24, 2.45) is 0 Å². The molecule has 1 aliphatic heterocycles. The summed E-state index contributed by atoms with van der Waals surface area (Å²) in [4.78, 5) is 26.9. The largest absolute Gasteiger partial charge is 0.457 e. The van der Waals surface area contributed by atoms with Gasteiger partial charge in [-0.15, -0.1) is 0 Å². The lowest BCUT2D eigenvalue weighted by Gasteiger charge is -2.35. The molecule has 0 bridgehead atoms. The van der Waals surface area contributed by atoms with Crippen molar-refractivity contribution < 1.29 is 14.1 Å². The summed E-state index contributed by atoms with van der Waals surface area (Å²) in [6.45, 7) is 4.30. The maximum absolute atomic E-state index is 13.1. The Balaban J connectivity index is 1.19. The Morgan fingerprint density at radius 2 is 1.53 bits per heavy atom. The second-order valence-electron chi connectivity index (χ2n) is 11.1. The van der Waals surface area contributed by atoms with Crippen LogP contribution in [-0.2, 0) is 6.42 Å². The van der Waals surface area contributed by atoms with Gasteiger partial charge in [0.15, 0.2) is 0 Å². The van der Waals surface area contributed by atoms with E-state index in [1.165, 1.54) is 0 Å². The Kier molecular flexibility index (Phi) is 7.80. The van der Waals surface area contributed by atoms with Gasteiger partial charge in [-0.05, 0) is 48.9 Å². The van der Waals surface area contributed by atoms with Gasteiger partial charge in [-0.1, -0.05) is 83.5 Å². The number of carbonyl (C=O) groups is 1.